The highest BCUT2D eigenvalue weighted by Crippen LogP contribution is 2.40. The highest BCUT2D eigenvalue weighted by molar-refractivity contribution is 5.96. The van der Waals surface area contributed by atoms with Gasteiger partial charge in [-0.3, -0.25) is 14.6 Å². The third-order valence-electron chi connectivity index (χ3n) is 5.95. The minimum absolute atomic E-state index is 0.221. The molecule has 1 saturated carbocycles. The summed E-state index contributed by atoms with van der Waals surface area (Å²) in [5.74, 6) is 1.89. The van der Waals surface area contributed by atoms with Crippen LogP contribution >= 0.6 is 0 Å². The second-order valence-corrected chi connectivity index (χ2v) is 7.97. The molecular weight excluding hydrogens is 340 g/mol. The molecule has 2 fully saturated rings. The van der Waals surface area contributed by atoms with Gasteiger partial charge >= 0.3 is 0 Å². The topological polar surface area (TPSA) is 52.8 Å². The Balaban J connectivity index is 1.11. The second kappa shape index (κ2) is 7.09. The van der Waals surface area contributed by atoms with Crippen molar-refractivity contribution in [1.29, 1.82) is 0 Å². The van der Waals surface area contributed by atoms with Crippen LogP contribution in [0.5, 0.6) is 0 Å². The molecule has 5 rings (SSSR count). The molecule has 142 valence electrons. The summed E-state index contributed by atoms with van der Waals surface area (Å²) in [6.45, 7) is 5.96. The fourth-order valence-corrected chi connectivity index (χ4v) is 4.17. The summed E-state index contributed by atoms with van der Waals surface area (Å²) in [6.07, 6.45) is 3.45. The highest BCUT2D eigenvalue weighted by atomic mass is 16.5. The number of fused-ring (bicyclic) bond motifs is 1. The van der Waals surface area contributed by atoms with Crippen LogP contribution in [0.3, 0.4) is 0 Å². The second-order valence-electron chi connectivity index (χ2n) is 7.97. The Kier molecular flexibility index (Phi) is 4.45. The zero-order valence-electron chi connectivity index (χ0n) is 15.6. The maximum Gasteiger partial charge on any atom is 0.241 e. The van der Waals surface area contributed by atoms with Gasteiger partial charge in [-0.2, -0.15) is 0 Å². The first kappa shape index (κ1) is 17.0. The zero-order valence-corrected chi connectivity index (χ0v) is 15.6. The first-order valence-corrected chi connectivity index (χ1v) is 10.0. The number of amides is 1. The van der Waals surface area contributed by atoms with Crippen molar-refractivity contribution in [3.05, 3.63) is 47.3 Å². The van der Waals surface area contributed by atoms with Crippen molar-refractivity contribution in [2.24, 2.45) is 0 Å². The molecule has 3 heterocycles. The predicted molar refractivity (Wildman–Crippen MR) is 103 cm³/mol. The van der Waals surface area contributed by atoms with Crippen molar-refractivity contribution in [2.45, 2.75) is 31.7 Å². The Morgan fingerprint density at radius 1 is 1.07 bits per heavy atom. The molecule has 0 unspecified atom stereocenters. The molecule has 0 spiro atoms. The molecule has 1 aromatic carbocycles. The molecule has 1 aromatic heterocycles. The lowest BCUT2D eigenvalue weighted by Crippen LogP contribution is -2.49. The van der Waals surface area contributed by atoms with Gasteiger partial charge in [-0.25, -0.2) is 0 Å². The third kappa shape index (κ3) is 3.64. The summed E-state index contributed by atoms with van der Waals surface area (Å²) < 4.78 is 5.45. The van der Waals surface area contributed by atoms with Gasteiger partial charge in [0.2, 0.25) is 5.91 Å². The molecule has 1 saturated heterocycles. The normalized spacial score (nSPS) is 20.8. The summed E-state index contributed by atoms with van der Waals surface area (Å²) >= 11 is 0. The molecule has 2 aromatic rings. The van der Waals surface area contributed by atoms with Crippen molar-refractivity contribution in [3.63, 3.8) is 0 Å². The summed E-state index contributed by atoms with van der Waals surface area (Å²) in [6, 6.07) is 10.4. The van der Waals surface area contributed by atoms with E-state index in [0.717, 1.165) is 62.8 Å². The van der Waals surface area contributed by atoms with Crippen LogP contribution in [-0.4, -0.2) is 60.1 Å². The summed E-state index contributed by atoms with van der Waals surface area (Å²) in [5.41, 5.74) is 3.42. The molecule has 3 aliphatic rings. The average Bonchev–Trinajstić information content (AvgIpc) is 3.28. The smallest absolute Gasteiger partial charge is 0.241 e. The van der Waals surface area contributed by atoms with Crippen LogP contribution in [0.4, 0.5) is 5.69 Å². The number of rotatable bonds is 5. The minimum Gasteiger partial charge on any atom is -0.361 e. The molecular formula is C21H26N4O2. The van der Waals surface area contributed by atoms with Gasteiger partial charge in [-0.05, 0) is 30.9 Å². The Hall–Kier alpha value is -2.18. The number of carbonyl (C=O) groups excluding carboxylic acids is 1. The third-order valence-corrected chi connectivity index (χ3v) is 5.95. The van der Waals surface area contributed by atoms with E-state index in [-0.39, 0.29) is 5.91 Å². The number of anilines is 1. The fraction of sp³-hybridized carbons (Fsp3) is 0.524. The van der Waals surface area contributed by atoms with E-state index in [9.17, 15) is 4.79 Å². The first-order chi connectivity index (χ1) is 13.3. The van der Waals surface area contributed by atoms with Crippen LogP contribution in [-0.2, 0) is 17.8 Å². The zero-order chi connectivity index (χ0) is 18.2. The van der Waals surface area contributed by atoms with Crippen LogP contribution in [0, 0.1) is 0 Å². The Morgan fingerprint density at radius 3 is 2.67 bits per heavy atom. The predicted octanol–water partition coefficient (Wildman–Crippen LogP) is 2.26. The quantitative estimate of drug-likeness (QED) is 0.812. The van der Waals surface area contributed by atoms with Crippen LogP contribution in [0.15, 0.2) is 34.9 Å². The van der Waals surface area contributed by atoms with Gasteiger partial charge in [0, 0.05) is 56.9 Å². The number of benzene rings is 1. The molecule has 2 aliphatic heterocycles. The van der Waals surface area contributed by atoms with E-state index >= 15 is 0 Å². The molecule has 6 heteroatoms. The van der Waals surface area contributed by atoms with E-state index in [2.05, 4.69) is 39.2 Å². The van der Waals surface area contributed by atoms with E-state index < -0.39 is 0 Å². The van der Waals surface area contributed by atoms with Crippen LogP contribution in [0.1, 0.15) is 35.8 Å². The molecule has 27 heavy (non-hydrogen) atoms. The van der Waals surface area contributed by atoms with Crippen molar-refractivity contribution in [2.75, 3.05) is 44.2 Å². The van der Waals surface area contributed by atoms with E-state index in [1.165, 1.54) is 18.4 Å². The average molecular weight is 366 g/mol. The van der Waals surface area contributed by atoms with Gasteiger partial charge in [-0.15, -0.1) is 0 Å². The number of aromatic nitrogens is 1. The molecule has 0 radical (unpaired) electrons. The van der Waals surface area contributed by atoms with Crippen LogP contribution in [0.25, 0.3) is 0 Å². The minimum atomic E-state index is 0.221. The first-order valence-electron chi connectivity index (χ1n) is 10.0. The SMILES string of the molecule is O=C(CN1CCN(Cc2cc(C3CC3)on2)CC1)N1CCc2ccccc21. The fourth-order valence-electron chi connectivity index (χ4n) is 4.17. The molecule has 0 atom stereocenters. The van der Waals surface area contributed by atoms with Gasteiger partial charge in [0.15, 0.2) is 0 Å². The Morgan fingerprint density at radius 2 is 1.85 bits per heavy atom. The lowest BCUT2D eigenvalue weighted by atomic mass is 10.2. The summed E-state index contributed by atoms with van der Waals surface area (Å²) in [7, 11) is 0. The van der Waals surface area contributed by atoms with E-state index in [1.54, 1.807) is 0 Å². The van der Waals surface area contributed by atoms with Gasteiger partial charge < -0.3 is 9.42 Å². The number of para-hydroxylation sites is 1. The number of hydrogen-bond acceptors (Lipinski definition) is 5. The van der Waals surface area contributed by atoms with Gasteiger partial charge in [0.05, 0.1) is 12.2 Å². The van der Waals surface area contributed by atoms with Gasteiger partial charge in [-0.1, -0.05) is 23.4 Å². The summed E-state index contributed by atoms with van der Waals surface area (Å²) in [4.78, 5) is 19.4. The molecule has 1 amide bonds. The van der Waals surface area contributed by atoms with E-state index in [4.69, 9.17) is 4.52 Å². The number of nitrogens with zero attached hydrogens (tertiary/aromatic N) is 4. The Labute approximate surface area is 159 Å². The highest BCUT2D eigenvalue weighted by Gasteiger charge is 2.29. The molecule has 1 aliphatic carbocycles. The van der Waals surface area contributed by atoms with Gasteiger partial charge in [0.1, 0.15) is 5.76 Å². The van der Waals surface area contributed by atoms with Crippen molar-refractivity contribution in [3.8, 4) is 0 Å². The Bertz CT molecular complexity index is 821. The number of piperazine rings is 1. The largest absolute Gasteiger partial charge is 0.361 e. The van der Waals surface area contributed by atoms with Crippen molar-refractivity contribution in [1.82, 2.24) is 15.0 Å². The number of carbonyl (C=O) groups is 1. The number of hydrogen-bond donors (Lipinski definition) is 0. The maximum absolute atomic E-state index is 12.8. The van der Waals surface area contributed by atoms with E-state index in [1.807, 2.05) is 11.0 Å². The van der Waals surface area contributed by atoms with Crippen molar-refractivity contribution >= 4 is 11.6 Å². The van der Waals surface area contributed by atoms with Gasteiger partial charge in [0.25, 0.3) is 0 Å². The van der Waals surface area contributed by atoms with Crippen LogP contribution < -0.4 is 4.90 Å². The standard InChI is InChI=1S/C21H26N4O2/c26-21(25-8-7-16-3-1-2-4-19(16)25)15-24-11-9-23(10-12-24)14-18-13-20(27-22-18)17-5-6-17/h1-4,13,17H,5-12,14-15H2. The molecule has 0 bridgehead atoms. The molecule has 0 N–H and O–H groups in total. The monoisotopic (exact) mass is 366 g/mol. The maximum atomic E-state index is 12.8. The van der Waals surface area contributed by atoms with Crippen molar-refractivity contribution < 1.29 is 9.32 Å². The summed E-state index contributed by atoms with van der Waals surface area (Å²) in [5, 5.41) is 4.22. The van der Waals surface area contributed by atoms with E-state index in [0.29, 0.717) is 12.5 Å². The molecule has 6 nitrogen and oxygen atoms in total. The van der Waals surface area contributed by atoms with Crippen LogP contribution in [0.2, 0.25) is 0 Å². The lowest BCUT2D eigenvalue weighted by Gasteiger charge is -2.34. The lowest BCUT2D eigenvalue weighted by molar-refractivity contribution is -0.120.